The Hall–Kier alpha value is -1.67. The molecule has 1 unspecified atom stereocenters. The zero-order valence-corrected chi connectivity index (χ0v) is 11.7. The van der Waals surface area contributed by atoms with Crippen LogP contribution < -0.4 is 15.8 Å². The molecule has 7 nitrogen and oxygen atoms in total. The Morgan fingerprint density at radius 3 is 2.79 bits per heavy atom. The average molecular weight is 286 g/mol. The molecule has 8 heteroatoms. The molecule has 1 heterocycles. The predicted octanol–water partition coefficient (Wildman–Crippen LogP) is 0.0556. The first kappa shape index (κ1) is 15.4. The van der Waals surface area contributed by atoms with Crippen molar-refractivity contribution in [3.05, 3.63) is 18.3 Å². The van der Waals surface area contributed by atoms with E-state index in [1.165, 1.54) is 25.3 Å². The lowest BCUT2D eigenvalue weighted by atomic mass is 10.4. The molecular formula is C11H18N4O3S. The Morgan fingerprint density at radius 2 is 2.21 bits per heavy atom. The number of hydrogen-bond donors (Lipinski definition) is 3. The number of nitrogens with zero attached hydrogens (tertiary/aromatic N) is 1. The Morgan fingerprint density at radius 1 is 1.53 bits per heavy atom. The molecule has 0 aliphatic rings. The van der Waals surface area contributed by atoms with Gasteiger partial charge in [0.25, 0.3) is 0 Å². The second kappa shape index (κ2) is 6.48. The molecule has 1 aromatic heterocycles. The number of sulfonamides is 1. The lowest BCUT2D eigenvalue weighted by Gasteiger charge is -2.14. The predicted molar refractivity (Wildman–Crippen MR) is 72.0 cm³/mol. The number of primary amides is 1. The van der Waals surface area contributed by atoms with Crippen molar-refractivity contribution in [2.24, 2.45) is 5.73 Å². The highest BCUT2D eigenvalue weighted by atomic mass is 32.2. The highest BCUT2D eigenvalue weighted by Gasteiger charge is 2.23. The number of hydrogen-bond acceptors (Lipinski definition) is 5. The van der Waals surface area contributed by atoms with Crippen LogP contribution in [0, 0.1) is 0 Å². The maximum absolute atomic E-state index is 12.1. The fourth-order valence-corrected chi connectivity index (χ4v) is 2.68. The van der Waals surface area contributed by atoms with Gasteiger partial charge in [-0.3, -0.25) is 4.79 Å². The second-order valence-corrected chi connectivity index (χ2v) is 5.70. The van der Waals surface area contributed by atoms with E-state index in [0.29, 0.717) is 6.54 Å². The van der Waals surface area contributed by atoms with Gasteiger partial charge in [0.2, 0.25) is 15.9 Å². The zero-order chi connectivity index (χ0) is 14.5. The van der Waals surface area contributed by atoms with Gasteiger partial charge in [0.05, 0.1) is 6.04 Å². The van der Waals surface area contributed by atoms with Crippen molar-refractivity contribution in [2.45, 2.75) is 31.2 Å². The summed E-state index contributed by atoms with van der Waals surface area (Å²) in [7, 11) is -3.84. The Kier molecular flexibility index (Phi) is 5.25. The number of amides is 1. The molecule has 0 aliphatic carbocycles. The monoisotopic (exact) mass is 286 g/mol. The third-order valence-electron chi connectivity index (χ3n) is 2.36. The SMILES string of the molecule is CCCNc1ncccc1S(=O)(=O)NC(C)C(N)=O. The van der Waals surface area contributed by atoms with E-state index in [9.17, 15) is 13.2 Å². The first-order valence-corrected chi connectivity index (χ1v) is 7.37. The van der Waals surface area contributed by atoms with Gasteiger partial charge in [-0.25, -0.2) is 13.4 Å². The van der Waals surface area contributed by atoms with E-state index in [-0.39, 0.29) is 10.7 Å². The molecule has 0 aromatic carbocycles. The van der Waals surface area contributed by atoms with Crippen molar-refractivity contribution < 1.29 is 13.2 Å². The standard InChI is InChI=1S/C11H18N4O3S/c1-3-6-13-11-9(5-4-7-14-11)19(17,18)15-8(2)10(12)16/h4-5,7-8,15H,3,6H2,1-2H3,(H2,12,16)(H,13,14). The summed E-state index contributed by atoms with van der Waals surface area (Å²) in [4.78, 5) is 14.9. The van der Waals surface area contributed by atoms with Gasteiger partial charge in [-0.15, -0.1) is 0 Å². The van der Waals surface area contributed by atoms with E-state index >= 15 is 0 Å². The lowest BCUT2D eigenvalue weighted by molar-refractivity contribution is -0.119. The summed E-state index contributed by atoms with van der Waals surface area (Å²) in [5, 5.41) is 2.93. The summed E-state index contributed by atoms with van der Waals surface area (Å²) in [6.07, 6.45) is 2.33. The molecule has 106 valence electrons. The van der Waals surface area contributed by atoms with Crippen LogP contribution in [0.3, 0.4) is 0 Å². The number of nitrogens with one attached hydrogen (secondary N) is 2. The van der Waals surface area contributed by atoms with Gasteiger partial charge in [0, 0.05) is 12.7 Å². The Labute approximate surface area is 112 Å². The van der Waals surface area contributed by atoms with Gasteiger partial charge in [0.1, 0.15) is 10.7 Å². The molecule has 4 N–H and O–H groups in total. The third-order valence-corrected chi connectivity index (χ3v) is 3.93. The molecule has 0 saturated heterocycles. The highest BCUT2D eigenvalue weighted by Crippen LogP contribution is 2.18. The normalized spacial score (nSPS) is 12.9. The molecule has 0 fully saturated rings. The molecule has 0 saturated carbocycles. The van der Waals surface area contributed by atoms with Crippen LogP contribution in [0.4, 0.5) is 5.82 Å². The van der Waals surface area contributed by atoms with E-state index in [4.69, 9.17) is 5.73 Å². The van der Waals surface area contributed by atoms with Crippen LogP contribution >= 0.6 is 0 Å². The maximum Gasteiger partial charge on any atom is 0.244 e. The number of carbonyl (C=O) groups excluding carboxylic acids is 1. The Balaban J connectivity index is 3.03. The molecule has 1 atom stereocenters. The molecule has 19 heavy (non-hydrogen) atoms. The third kappa shape index (κ3) is 4.18. The van der Waals surface area contributed by atoms with Crippen molar-refractivity contribution in [2.75, 3.05) is 11.9 Å². The summed E-state index contributed by atoms with van der Waals surface area (Å²) >= 11 is 0. The van der Waals surface area contributed by atoms with E-state index in [2.05, 4.69) is 15.0 Å². The minimum absolute atomic E-state index is 0.00319. The summed E-state index contributed by atoms with van der Waals surface area (Å²) in [5.74, 6) is -0.482. The molecule has 1 rings (SSSR count). The van der Waals surface area contributed by atoms with Crippen LogP contribution in [0.25, 0.3) is 0 Å². The summed E-state index contributed by atoms with van der Waals surface area (Å²) in [6.45, 7) is 3.94. The van der Waals surface area contributed by atoms with Crippen LogP contribution in [0.2, 0.25) is 0 Å². The van der Waals surface area contributed by atoms with E-state index in [0.717, 1.165) is 6.42 Å². The largest absolute Gasteiger partial charge is 0.369 e. The number of carbonyl (C=O) groups is 1. The van der Waals surface area contributed by atoms with E-state index in [1.54, 1.807) is 0 Å². The van der Waals surface area contributed by atoms with E-state index < -0.39 is 22.0 Å². The molecule has 0 bridgehead atoms. The van der Waals surface area contributed by atoms with Crippen LogP contribution in [0.5, 0.6) is 0 Å². The maximum atomic E-state index is 12.1. The van der Waals surface area contributed by atoms with Crippen molar-refractivity contribution in [3.8, 4) is 0 Å². The summed E-state index contributed by atoms with van der Waals surface area (Å²) in [5.41, 5.74) is 5.04. The summed E-state index contributed by atoms with van der Waals surface area (Å²) in [6, 6.07) is 1.95. The van der Waals surface area contributed by atoms with Gasteiger partial charge < -0.3 is 11.1 Å². The minimum Gasteiger partial charge on any atom is -0.369 e. The average Bonchev–Trinajstić information content (AvgIpc) is 2.36. The van der Waals surface area contributed by atoms with Gasteiger partial charge in [-0.05, 0) is 25.5 Å². The fraction of sp³-hybridized carbons (Fsp3) is 0.455. The van der Waals surface area contributed by atoms with Crippen LogP contribution in [0.1, 0.15) is 20.3 Å². The first-order chi connectivity index (χ1) is 8.88. The van der Waals surface area contributed by atoms with Gasteiger partial charge in [-0.1, -0.05) is 6.92 Å². The topological polar surface area (TPSA) is 114 Å². The number of pyridine rings is 1. The molecule has 1 aromatic rings. The molecule has 0 radical (unpaired) electrons. The van der Waals surface area contributed by atoms with Gasteiger partial charge >= 0.3 is 0 Å². The smallest absolute Gasteiger partial charge is 0.244 e. The quantitative estimate of drug-likeness (QED) is 0.655. The molecular weight excluding hydrogens is 268 g/mol. The number of nitrogens with two attached hydrogens (primary N) is 1. The fourth-order valence-electron chi connectivity index (χ4n) is 1.34. The van der Waals surface area contributed by atoms with Crippen molar-refractivity contribution in [3.63, 3.8) is 0 Å². The number of anilines is 1. The molecule has 0 spiro atoms. The lowest BCUT2D eigenvalue weighted by Crippen LogP contribution is -2.42. The van der Waals surface area contributed by atoms with Gasteiger partial charge in [-0.2, -0.15) is 4.72 Å². The van der Waals surface area contributed by atoms with Gasteiger partial charge in [0.15, 0.2) is 0 Å². The van der Waals surface area contributed by atoms with Crippen LogP contribution in [-0.2, 0) is 14.8 Å². The van der Waals surface area contributed by atoms with Crippen molar-refractivity contribution in [1.82, 2.24) is 9.71 Å². The van der Waals surface area contributed by atoms with Crippen molar-refractivity contribution in [1.29, 1.82) is 0 Å². The Bertz CT molecular complexity index is 545. The van der Waals surface area contributed by atoms with E-state index in [1.807, 2.05) is 6.92 Å². The zero-order valence-electron chi connectivity index (χ0n) is 10.9. The highest BCUT2D eigenvalue weighted by molar-refractivity contribution is 7.89. The minimum atomic E-state index is -3.84. The number of aromatic nitrogens is 1. The first-order valence-electron chi connectivity index (χ1n) is 5.89. The molecule has 1 amide bonds. The van der Waals surface area contributed by atoms with Crippen molar-refractivity contribution >= 4 is 21.7 Å². The van der Waals surface area contributed by atoms with Crippen LogP contribution in [-0.4, -0.2) is 31.9 Å². The molecule has 0 aliphatic heterocycles. The summed E-state index contributed by atoms with van der Waals surface area (Å²) < 4.78 is 26.5. The van der Waals surface area contributed by atoms with Crippen LogP contribution in [0.15, 0.2) is 23.2 Å². The second-order valence-electron chi connectivity index (χ2n) is 4.02. The number of rotatable bonds is 7.